The van der Waals surface area contributed by atoms with Gasteiger partial charge in [0.05, 0.1) is 6.54 Å². The van der Waals surface area contributed by atoms with E-state index in [1.807, 2.05) is 26.2 Å². The number of hydrogen-bond acceptors (Lipinski definition) is 2. The van der Waals surface area contributed by atoms with Gasteiger partial charge in [-0.05, 0) is 26.7 Å². The third-order valence-electron chi connectivity index (χ3n) is 2.70. The summed E-state index contributed by atoms with van der Waals surface area (Å²) in [5.74, 6) is 4.39. The summed E-state index contributed by atoms with van der Waals surface area (Å²) in [7, 11) is 0. The predicted molar refractivity (Wildman–Crippen MR) is 94.4 cm³/mol. The van der Waals surface area contributed by atoms with E-state index in [2.05, 4.69) is 31.1 Å². The van der Waals surface area contributed by atoms with Crippen molar-refractivity contribution in [1.29, 1.82) is 0 Å². The maximum Gasteiger partial charge on any atom is 0.192 e. The molecule has 20 heavy (non-hydrogen) atoms. The molecular formula is C14H24IN5. The first-order chi connectivity index (χ1) is 9.27. The van der Waals surface area contributed by atoms with Crippen molar-refractivity contribution in [1.82, 2.24) is 20.2 Å². The number of guanidine groups is 1. The van der Waals surface area contributed by atoms with Gasteiger partial charge in [-0.2, -0.15) is 0 Å². The highest BCUT2D eigenvalue weighted by atomic mass is 127. The van der Waals surface area contributed by atoms with E-state index in [0.717, 1.165) is 44.3 Å². The van der Waals surface area contributed by atoms with Crippen LogP contribution in [0.4, 0.5) is 0 Å². The fraction of sp³-hybridized carbons (Fsp3) is 0.571. The monoisotopic (exact) mass is 389 g/mol. The molecule has 0 aromatic carbocycles. The SMILES string of the molecule is C#CCNC(=NCCCCn1ccnc1C)NCC.I. The minimum absolute atomic E-state index is 0. The van der Waals surface area contributed by atoms with Crippen LogP contribution in [0.5, 0.6) is 0 Å². The van der Waals surface area contributed by atoms with Crippen LogP contribution in [0.3, 0.4) is 0 Å². The molecule has 0 saturated heterocycles. The quantitative estimate of drug-likeness (QED) is 0.246. The lowest BCUT2D eigenvalue weighted by Gasteiger charge is -2.08. The Morgan fingerprint density at radius 2 is 2.25 bits per heavy atom. The highest BCUT2D eigenvalue weighted by Gasteiger charge is 1.97. The van der Waals surface area contributed by atoms with Gasteiger partial charge in [-0.15, -0.1) is 30.4 Å². The number of aromatic nitrogens is 2. The van der Waals surface area contributed by atoms with Crippen LogP contribution in [0.1, 0.15) is 25.6 Å². The Kier molecular flexibility index (Phi) is 10.9. The fourth-order valence-corrected chi connectivity index (χ4v) is 1.70. The zero-order chi connectivity index (χ0) is 13.9. The number of aliphatic imine (C=N–C) groups is 1. The van der Waals surface area contributed by atoms with Crippen LogP contribution < -0.4 is 10.6 Å². The summed E-state index contributed by atoms with van der Waals surface area (Å²) in [5.41, 5.74) is 0. The topological polar surface area (TPSA) is 54.2 Å². The lowest BCUT2D eigenvalue weighted by Crippen LogP contribution is -2.37. The molecule has 1 aromatic rings. The summed E-state index contributed by atoms with van der Waals surface area (Å²) in [6.07, 6.45) is 11.2. The summed E-state index contributed by atoms with van der Waals surface area (Å²) in [5, 5.41) is 6.23. The van der Waals surface area contributed by atoms with Gasteiger partial charge in [0.25, 0.3) is 0 Å². The molecule has 0 saturated carbocycles. The van der Waals surface area contributed by atoms with Gasteiger partial charge >= 0.3 is 0 Å². The van der Waals surface area contributed by atoms with E-state index in [1.165, 1.54) is 0 Å². The second-order valence-electron chi connectivity index (χ2n) is 4.19. The fourth-order valence-electron chi connectivity index (χ4n) is 1.70. The molecule has 0 amide bonds. The van der Waals surface area contributed by atoms with Gasteiger partial charge in [0, 0.05) is 32.0 Å². The normalized spacial score (nSPS) is 10.6. The Hall–Kier alpha value is -1.23. The lowest BCUT2D eigenvalue weighted by molar-refractivity contribution is 0.601. The molecule has 0 fully saturated rings. The summed E-state index contributed by atoms with van der Waals surface area (Å²) in [4.78, 5) is 8.66. The van der Waals surface area contributed by atoms with Crippen molar-refractivity contribution in [3.05, 3.63) is 18.2 Å². The molecule has 0 unspecified atom stereocenters. The first-order valence-electron chi connectivity index (χ1n) is 6.71. The number of hydrogen-bond donors (Lipinski definition) is 2. The standard InChI is InChI=1S/C14H23N5.HI/c1-4-8-17-14(15-5-2)18-9-6-7-11-19-12-10-16-13(19)3;/h1,10,12H,5-9,11H2,2-3H3,(H2,15,17,18);1H. The molecule has 1 heterocycles. The molecule has 0 aliphatic rings. The van der Waals surface area contributed by atoms with Gasteiger partial charge in [0.15, 0.2) is 5.96 Å². The molecule has 1 aromatic heterocycles. The Morgan fingerprint density at radius 3 is 2.85 bits per heavy atom. The molecule has 112 valence electrons. The number of unbranched alkanes of at least 4 members (excludes halogenated alkanes) is 1. The average molecular weight is 389 g/mol. The first kappa shape index (κ1) is 18.8. The minimum atomic E-state index is 0. The van der Waals surface area contributed by atoms with E-state index >= 15 is 0 Å². The molecule has 0 radical (unpaired) electrons. The van der Waals surface area contributed by atoms with Crippen molar-refractivity contribution in [3.63, 3.8) is 0 Å². The zero-order valence-electron chi connectivity index (χ0n) is 12.2. The first-order valence-corrected chi connectivity index (χ1v) is 6.71. The molecule has 1 rings (SSSR count). The number of imidazole rings is 1. The van der Waals surface area contributed by atoms with Crippen molar-refractivity contribution in [2.45, 2.75) is 33.2 Å². The van der Waals surface area contributed by atoms with E-state index < -0.39 is 0 Å². The number of halogens is 1. The largest absolute Gasteiger partial charge is 0.357 e. The van der Waals surface area contributed by atoms with E-state index in [-0.39, 0.29) is 24.0 Å². The van der Waals surface area contributed by atoms with E-state index in [0.29, 0.717) is 6.54 Å². The third-order valence-corrected chi connectivity index (χ3v) is 2.70. The molecule has 0 aliphatic heterocycles. The summed E-state index contributed by atoms with van der Waals surface area (Å²) in [6, 6.07) is 0. The van der Waals surface area contributed by atoms with Gasteiger partial charge in [0.2, 0.25) is 0 Å². The molecule has 0 aliphatic carbocycles. The van der Waals surface area contributed by atoms with Gasteiger partial charge in [-0.3, -0.25) is 4.99 Å². The number of terminal acetylenes is 1. The third kappa shape index (κ3) is 7.38. The molecule has 6 heteroatoms. The van der Waals surface area contributed by atoms with Crippen LogP contribution in [0, 0.1) is 19.3 Å². The maximum absolute atomic E-state index is 5.21. The van der Waals surface area contributed by atoms with Crippen LogP contribution in [-0.4, -0.2) is 35.1 Å². The van der Waals surface area contributed by atoms with Crippen LogP contribution in [0.25, 0.3) is 0 Å². The van der Waals surface area contributed by atoms with Crippen LogP contribution in [-0.2, 0) is 6.54 Å². The van der Waals surface area contributed by atoms with Gasteiger partial charge in [-0.25, -0.2) is 4.98 Å². The van der Waals surface area contributed by atoms with Crippen molar-refractivity contribution in [2.75, 3.05) is 19.6 Å². The second kappa shape index (κ2) is 11.6. The minimum Gasteiger partial charge on any atom is -0.357 e. The van der Waals surface area contributed by atoms with Crippen LogP contribution in [0.2, 0.25) is 0 Å². The predicted octanol–water partition coefficient (Wildman–Crippen LogP) is 1.78. The van der Waals surface area contributed by atoms with E-state index in [9.17, 15) is 0 Å². The van der Waals surface area contributed by atoms with Crippen molar-refractivity contribution in [2.24, 2.45) is 4.99 Å². The van der Waals surface area contributed by atoms with Crippen molar-refractivity contribution < 1.29 is 0 Å². The van der Waals surface area contributed by atoms with Crippen LogP contribution >= 0.6 is 24.0 Å². The highest BCUT2D eigenvalue weighted by molar-refractivity contribution is 14.0. The highest BCUT2D eigenvalue weighted by Crippen LogP contribution is 1.99. The number of rotatable bonds is 7. The van der Waals surface area contributed by atoms with Gasteiger partial charge < -0.3 is 15.2 Å². The Balaban J connectivity index is 0.00000361. The summed E-state index contributed by atoms with van der Waals surface area (Å²) in [6.45, 7) is 7.19. The lowest BCUT2D eigenvalue weighted by atomic mass is 10.3. The zero-order valence-corrected chi connectivity index (χ0v) is 14.6. The van der Waals surface area contributed by atoms with Crippen molar-refractivity contribution in [3.8, 4) is 12.3 Å². The van der Waals surface area contributed by atoms with E-state index in [1.54, 1.807) is 0 Å². The Bertz CT molecular complexity index is 433. The van der Waals surface area contributed by atoms with Gasteiger partial charge in [-0.1, -0.05) is 5.92 Å². The molecule has 5 nitrogen and oxygen atoms in total. The molecule has 0 bridgehead atoms. The summed E-state index contributed by atoms with van der Waals surface area (Å²) < 4.78 is 2.16. The van der Waals surface area contributed by atoms with Crippen molar-refractivity contribution >= 4 is 29.9 Å². The van der Waals surface area contributed by atoms with Gasteiger partial charge in [0.1, 0.15) is 5.82 Å². The molecular weight excluding hydrogens is 365 g/mol. The second-order valence-corrected chi connectivity index (χ2v) is 4.19. The Morgan fingerprint density at radius 1 is 1.45 bits per heavy atom. The number of nitrogens with zero attached hydrogens (tertiary/aromatic N) is 3. The maximum atomic E-state index is 5.21. The molecule has 0 atom stereocenters. The average Bonchev–Trinajstić information content (AvgIpc) is 2.81. The Labute approximate surface area is 138 Å². The molecule has 2 N–H and O–H groups in total. The number of nitrogens with one attached hydrogen (secondary N) is 2. The number of aryl methyl sites for hydroxylation is 2. The molecule has 0 spiro atoms. The smallest absolute Gasteiger partial charge is 0.192 e. The van der Waals surface area contributed by atoms with Crippen LogP contribution in [0.15, 0.2) is 17.4 Å². The summed E-state index contributed by atoms with van der Waals surface area (Å²) >= 11 is 0. The van der Waals surface area contributed by atoms with E-state index in [4.69, 9.17) is 6.42 Å².